The van der Waals surface area contributed by atoms with E-state index in [0.717, 1.165) is 4.60 Å². The lowest BCUT2D eigenvalue weighted by molar-refractivity contribution is 0.609. The standard InChI is InChI=1S/C6H7BrClNO2S/c1-9-3-5(2-6(9)7)4-12(8,10)11/h2-3H,4H2,1H3. The lowest BCUT2D eigenvalue weighted by Gasteiger charge is -1.90. The Morgan fingerprint density at radius 1 is 1.67 bits per heavy atom. The fourth-order valence-electron chi connectivity index (χ4n) is 0.880. The van der Waals surface area contributed by atoms with Crippen molar-refractivity contribution in [1.29, 1.82) is 0 Å². The molecule has 68 valence electrons. The van der Waals surface area contributed by atoms with E-state index in [1.54, 1.807) is 16.8 Å². The third-order valence-corrected chi connectivity index (χ3v) is 3.13. The van der Waals surface area contributed by atoms with Crippen LogP contribution in [0.2, 0.25) is 0 Å². The Bertz CT molecular complexity index is 365. The van der Waals surface area contributed by atoms with Crippen molar-refractivity contribution in [2.45, 2.75) is 5.75 Å². The van der Waals surface area contributed by atoms with E-state index in [-0.39, 0.29) is 5.75 Å². The molecular formula is C6H7BrClNO2S. The zero-order chi connectivity index (χ0) is 9.35. The fourth-order valence-corrected chi connectivity index (χ4v) is 2.21. The first-order valence-electron chi connectivity index (χ1n) is 3.11. The molecule has 0 unspecified atom stereocenters. The molecule has 0 aliphatic heterocycles. The molecule has 1 rings (SSSR count). The second kappa shape index (κ2) is 3.40. The van der Waals surface area contributed by atoms with Gasteiger partial charge in [0.05, 0.1) is 10.4 Å². The average molecular weight is 273 g/mol. The molecule has 12 heavy (non-hydrogen) atoms. The molecule has 0 bridgehead atoms. The van der Waals surface area contributed by atoms with Crippen LogP contribution in [0.4, 0.5) is 0 Å². The quantitative estimate of drug-likeness (QED) is 0.771. The lowest BCUT2D eigenvalue weighted by atomic mass is 10.4. The Hall–Kier alpha value is -0.0000000000000000555. The van der Waals surface area contributed by atoms with Crippen LogP contribution >= 0.6 is 26.6 Å². The number of rotatable bonds is 2. The van der Waals surface area contributed by atoms with E-state index in [4.69, 9.17) is 10.7 Å². The first kappa shape index (κ1) is 10.1. The van der Waals surface area contributed by atoms with Crippen molar-refractivity contribution < 1.29 is 8.42 Å². The van der Waals surface area contributed by atoms with Crippen molar-refractivity contribution in [3.63, 3.8) is 0 Å². The van der Waals surface area contributed by atoms with Gasteiger partial charge in [-0.25, -0.2) is 8.42 Å². The number of hydrogen-bond donors (Lipinski definition) is 0. The monoisotopic (exact) mass is 271 g/mol. The summed E-state index contributed by atoms with van der Waals surface area (Å²) in [7, 11) is 3.45. The fraction of sp³-hybridized carbons (Fsp3) is 0.333. The minimum Gasteiger partial charge on any atom is -0.345 e. The summed E-state index contributed by atoms with van der Waals surface area (Å²) < 4.78 is 23.9. The van der Waals surface area contributed by atoms with E-state index in [0.29, 0.717) is 5.56 Å². The summed E-state index contributed by atoms with van der Waals surface area (Å²) in [6.45, 7) is 0. The third kappa shape index (κ3) is 2.80. The Kier molecular flexibility index (Phi) is 2.85. The molecule has 3 nitrogen and oxygen atoms in total. The molecule has 1 aromatic rings. The predicted molar refractivity (Wildman–Crippen MR) is 51.6 cm³/mol. The highest BCUT2D eigenvalue weighted by atomic mass is 79.9. The molecule has 0 saturated heterocycles. The van der Waals surface area contributed by atoms with Gasteiger partial charge < -0.3 is 4.57 Å². The second-order valence-corrected chi connectivity index (χ2v) is 6.05. The number of aryl methyl sites for hydroxylation is 1. The van der Waals surface area contributed by atoms with Crippen molar-refractivity contribution in [3.8, 4) is 0 Å². The topological polar surface area (TPSA) is 39.1 Å². The molecule has 1 aromatic heterocycles. The molecule has 0 amide bonds. The predicted octanol–water partition coefficient (Wildman–Crippen LogP) is 1.86. The summed E-state index contributed by atoms with van der Waals surface area (Å²) in [6, 6.07) is 1.72. The number of aromatic nitrogens is 1. The maximum atomic E-state index is 10.7. The number of halogens is 2. The Labute approximate surface area is 83.9 Å². The minimum atomic E-state index is -3.44. The van der Waals surface area contributed by atoms with E-state index < -0.39 is 9.05 Å². The molecular weight excluding hydrogens is 265 g/mol. The van der Waals surface area contributed by atoms with Crippen molar-refractivity contribution in [2.24, 2.45) is 7.05 Å². The van der Waals surface area contributed by atoms with E-state index in [9.17, 15) is 8.42 Å². The Morgan fingerprint density at radius 3 is 2.58 bits per heavy atom. The smallest absolute Gasteiger partial charge is 0.236 e. The maximum Gasteiger partial charge on any atom is 0.236 e. The largest absolute Gasteiger partial charge is 0.345 e. The minimum absolute atomic E-state index is 0.131. The number of hydrogen-bond acceptors (Lipinski definition) is 2. The van der Waals surface area contributed by atoms with Gasteiger partial charge in [-0.15, -0.1) is 0 Å². The van der Waals surface area contributed by atoms with Gasteiger partial charge >= 0.3 is 0 Å². The highest BCUT2D eigenvalue weighted by Gasteiger charge is 2.09. The molecule has 0 aliphatic rings. The van der Waals surface area contributed by atoms with Gasteiger partial charge in [-0.1, -0.05) is 0 Å². The van der Waals surface area contributed by atoms with Gasteiger partial charge in [-0.2, -0.15) is 0 Å². The highest BCUT2D eigenvalue weighted by Crippen LogP contribution is 2.16. The van der Waals surface area contributed by atoms with Crippen LogP contribution in [0, 0.1) is 0 Å². The van der Waals surface area contributed by atoms with E-state index in [2.05, 4.69) is 15.9 Å². The Morgan fingerprint density at radius 2 is 2.25 bits per heavy atom. The molecule has 0 aromatic carbocycles. The SMILES string of the molecule is Cn1cc(CS(=O)(=O)Cl)cc1Br. The van der Waals surface area contributed by atoms with Crippen molar-refractivity contribution >= 4 is 35.7 Å². The summed E-state index contributed by atoms with van der Waals surface area (Å²) in [6.07, 6.45) is 1.71. The molecule has 1 heterocycles. The van der Waals surface area contributed by atoms with Gasteiger partial charge in [-0.05, 0) is 27.6 Å². The van der Waals surface area contributed by atoms with Crippen molar-refractivity contribution in [2.75, 3.05) is 0 Å². The van der Waals surface area contributed by atoms with E-state index in [1.807, 2.05) is 7.05 Å². The average Bonchev–Trinajstić information content (AvgIpc) is 2.07. The lowest BCUT2D eigenvalue weighted by Crippen LogP contribution is -1.93. The molecule has 6 heteroatoms. The zero-order valence-electron chi connectivity index (χ0n) is 6.29. The molecule has 0 saturated carbocycles. The molecule has 0 atom stereocenters. The van der Waals surface area contributed by atoms with Crippen LogP contribution in [0.3, 0.4) is 0 Å². The van der Waals surface area contributed by atoms with E-state index >= 15 is 0 Å². The molecule has 0 aliphatic carbocycles. The van der Waals surface area contributed by atoms with Gasteiger partial charge in [-0.3, -0.25) is 0 Å². The molecule has 0 fully saturated rings. The van der Waals surface area contributed by atoms with Crippen LogP contribution in [0.25, 0.3) is 0 Å². The van der Waals surface area contributed by atoms with Gasteiger partial charge in [0.2, 0.25) is 9.05 Å². The van der Waals surface area contributed by atoms with Crippen LogP contribution in [-0.2, 0) is 21.9 Å². The van der Waals surface area contributed by atoms with Crippen LogP contribution < -0.4 is 0 Å². The molecule has 0 spiro atoms. The summed E-state index contributed by atoms with van der Waals surface area (Å²) in [5.74, 6) is -0.131. The van der Waals surface area contributed by atoms with Crippen LogP contribution in [-0.4, -0.2) is 13.0 Å². The summed E-state index contributed by atoms with van der Waals surface area (Å²) >= 11 is 3.25. The normalized spacial score (nSPS) is 11.9. The summed E-state index contributed by atoms with van der Waals surface area (Å²) in [4.78, 5) is 0. The van der Waals surface area contributed by atoms with Gasteiger partial charge in [0, 0.05) is 23.9 Å². The maximum absolute atomic E-state index is 10.7. The molecule has 0 N–H and O–H groups in total. The van der Waals surface area contributed by atoms with Crippen molar-refractivity contribution in [1.82, 2.24) is 4.57 Å². The van der Waals surface area contributed by atoms with Crippen LogP contribution in [0.15, 0.2) is 16.9 Å². The Balaban J connectivity index is 2.92. The highest BCUT2D eigenvalue weighted by molar-refractivity contribution is 9.10. The van der Waals surface area contributed by atoms with Gasteiger partial charge in [0.25, 0.3) is 0 Å². The summed E-state index contributed by atoms with van der Waals surface area (Å²) in [5.41, 5.74) is 0.680. The first-order valence-corrected chi connectivity index (χ1v) is 6.39. The van der Waals surface area contributed by atoms with Gasteiger partial charge in [0.15, 0.2) is 0 Å². The van der Waals surface area contributed by atoms with E-state index in [1.165, 1.54) is 0 Å². The molecule has 0 radical (unpaired) electrons. The first-order chi connectivity index (χ1) is 5.38. The van der Waals surface area contributed by atoms with Crippen LogP contribution in [0.1, 0.15) is 5.56 Å². The van der Waals surface area contributed by atoms with Crippen molar-refractivity contribution in [3.05, 3.63) is 22.4 Å². The number of nitrogens with zero attached hydrogens (tertiary/aromatic N) is 1. The summed E-state index contributed by atoms with van der Waals surface area (Å²) in [5, 5.41) is 0. The second-order valence-electron chi connectivity index (χ2n) is 2.47. The van der Waals surface area contributed by atoms with Gasteiger partial charge in [0.1, 0.15) is 0 Å². The third-order valence-electron chi connectivity index (χ3n) is 1.34. The zero-order valence-corrected chi connectivity index (χ0v) is 9.45. The van der Waals surface area contributed by atoms with Crippen LogP contribution in [0.5, 0.6) is 0 Å².